The van der Waals surface area contributed by atoms with Gasteiger partial charge in [0.05, 0.1) is 23.4 Å². The lowest BCUT2D eigenvalue weighted by molar-refractivity contribution is 0.243. The molecule has 40 heavy (non-hydrogen) atoms. The Morgan fingerprint density at radius 2 is 1.88 bits per heavy atom. The molecule has 1 atom stereocenters. The van der Waals surface area contributed by atoms with Crippen LogP contribution in [0.1, 0.15) is 63.1 Å². The molecule has 5 rings (SSSR count). The van der Waals surface area contributed by atoms with E-state index in [1.165, 1.54) is 24.0 Å². The van der Waals surface area contributed by atoms with E-state index in [-0.39, 0.29) is 11.6 Å². The van der Waals surface area contributed by atoms with Crippen LogP contribution in [0, 0.1) is 13.8 Å². The van der Waals surface area contributed by atoms with Crippen molar-refractivity contribution < 1.29 is 9.20 Å². The molecule has 1 aliphatic rings. The van der Waals surface area contributed by atoms with Gasteiger partial charge in [-0.05, 0) is 87.9 Å². The number of hydrogen-bond acceptors (Lipinski definition) is 8. The molecular formula is C30H39N7O2Si. The van der Waals surface area contributed by atoms with Crippen LogP contribution in [0.3, 0.4) is 0 Å². The number of nitrogens with one attached hydrogen (secondary N) is 4. The Hall–Kier alpha value is -3.63. The second kappa shape index (κ2) is 11.9. The summed E-state index contributed by atoms with van der Waals surface area (Å²) in [6.07, 6.45) is 4.05. The Morgan fingerprint density at radius 3 is 2.60 bits per heavy atom. The molecule has 9 nitrogen and oxygen atoms in total. The summed E-state index contributed by atoms with van der Waals surface area (Å²) in [5.74, 6) is 2.23. The first-order valence-electron chi connectivity index (χ1n) is 14.1. The molecule has 1 saturated heterocycles. The van der Waals surface area contributed by atoms with Gasteiger partial charge in [-0.2, -0.15) is 15.1 Å². The average Bonchev–Trinajstić information content (AvgIpc) is 3.39. The van der Waals surface area contributed by atoms with E-state index >= 15 is 0 Å². The van der Waals surface area contributed by atoms with Crippen LogP contribution in [0.5, 0.6) is 5.75 Å². The minimum absolute atomic E-state index is 0.0117. The van der Waals surface area contributed by atoms with Crippen LogP contribution in [-0.4, -0.2) is 48.0 Å². The molecule has 10 heteroatoms. The van der Waals surface area contributed by atoms with E-state index in [0.29, 0.717) is 23.3 Å². The van der Waals surface area contributed by atoms with Crippen molar-refractivity contribution in [3.63, 3.8) is 0 Å². The van der Waals surface area contributed by atoms with Crippen molar-refractivity contribution in [1.29, 1.82) is 0 Å². The zero-order valence-corrected chi connectivity index (χ0v) is 25.2. The summed E-state index contributed by atoms with van der Waals surface area (Å²) in [6.45, 7) is 14.3. The number of fused-ring (bicyclic) bond motifs is 1. The fourth-order valence-corrected chi connectivity index (χ4v) is 6.50. The fourth-order valence-electron chi connectivity index (χ4n) is 5.23. The first kappa shape index (κ1) is 27.9. The molecule has 0 spiro atoms. The number of aryl methyl sites for hydroxylation is 2. The number of benzene rings is 2. The van der Waals surface area contributed by atoms with Gasteiger partial charge in [0.2, 0.25) is 5.95 Å². The van der Waals surface area contributed by atoms with E-state index in [1.54, 1.807) is 6.20 Å². The maximum Gasteiger partial charge on any atom is 0.316 e. The van der Waals surface area contributed by atoms with Crippen molar-refractivity contribution in [2.75, 3.05) is 23.7 Å². The van der Waals surface area contributed by atoms with Gasteiger partial charge in [0.25, 0.3) is 0 Å². The molecule has 210 valence electrons. The Kier molecular flexibility index (Phi) is 8.27. The van der Waals surface area contributed by atoms with E-state index in [2.05, 4.69) is 45.2 Å². The third-order valence-corrected chi connectivity index (χ3v) is 9.26. The highest BCUT2D eigenvalue weighted by atomic mass is 28.3. The first-order valence-corrected chi connectivity index (χ1v) is 15.6. The number of rotatable bonds is 9. The summed E-state index contributed by atoms with van der Waals surface area (Å²) in [4.78, 5) is 9.55. The number of aromatic nitrogens is 4. The molecule has 3 heterocycles. The Morgan fingerprint density at radius 1 is 1.05 bits per heavy atom. The van der Waals surface area contributed by atoms with E-state index in [4.69, 9.17) is 14.7 Å². The summed E-state index contributed by atoms with van der Waals surface area (Å²) in [5, 5.41) is 19.1. The van der Waals surface area contributed by atoms with Crippen molar-refractivity contribution in [3.8, 4) is 5.75 Å². The second-order valence-corrected chi connectivity index (χ2v) is 13.7. The molecule has 4 aromatic rings. The third-order valence-electron chi connectivity index (χ3n) is 7.24. The molecule has 4 N–H and O–H groups in total. The smallest absolute Gasteiger partial charge is 0.316 e. The number of aromatic amines is 1. The molecule has 2 aromatic carbocycles. The van der Waals surface area contributed by atoms with Gasteiger partial charge in [0, 0.05) is 23.0 Å². The van der Waals surface area contributed by atoms with Gasteiger partial charge >= 0.3 is 8.68 Å². The summed E-state index contributed by atoms with van der Waals surface area (Å²) < 4.78 is 19.4. The number of piperidine rings is 1. The summed E-state index contributed by atoms with van der Waals surface area (Å²) in [5.41, 5.74) is 5.84. The van der Waals surface area contributed by atoms with Crippen molar-refractivity contribution in [2.45, 2.75) is 71.9 Å². The van der Waals surface area contributed by atoms with E-state index < -0.39 is 8.68 Å². The van der Waals surface area contributed by atoms with E-state index in [1.807, 2.05) is 52.8 Å². The molecule has 0 amide bonds. The number of H-pyrrole nitrogens is 1. The first-order chi connectivity index (χ1) is 19.2. The van der Waals surface area contributed by atoms with Crippen molar-refractivity contribution in [3.05, 3.63) is 53.2 Å². The molecule has 1 fully saturated rings. The lowest BCUT2D eigenvalue weighted by Crippen LogP contribution is -2.28. The van der Waals surface area contributed by atoms with Crippen LogP contribution in [-0.2, 0) is 4.46 Å². The van der Waals surface area contributed by atoms with Crippen LogP contribution >= 0.6 is 0 Å². The zero-order chi connectivity index (χ0) is 28.4. The standard InChI is InChI=1S/C30H39N7O2Si/c1-17(2)39-26-14-22(21-8-7-11-31-15-21)20(6)13-24(26)34-30-35-28(23-16-32-37-29(23)36-30)33-25-12-19(5)9-10-27(25)40(38)18(3)4/h9-10,12-14,16-18,21,31H,7-8,11,15H2,1-6H3,(H3,32,33,34,35,36,37). The van der Waals surface area contributed by atoms with Gasteiger partial charge in [0.15, 0.2) is 5.65 Å². The van der Waals surface area contributed by atoms with Gasteiger partial charge in [-0.25, -0.2) is 0 Å². The lowest BCUT2D eigenvalue weighted by Gasteiger charge is -2.26. The monoisotopic (exact) mass is 557 g/mol. The fraction of sp³-hybridized carbons (Fsp3) is 0.433. The highest BCUT2D eigenvalue weighted by Gasteiger charge is 2.22. The van der Waals surface area contributed by atoms with Gasteiger partial charge in [0.1, 0.15) is 11.6 Å². The highest BCUT2D eigenvalue weighted by molar-refractivity contribution is 6.62. The van der Waals surface area contributed by atoms with Gasteiger partial charge in [-0.15, -0.1) is 0 Å². The van der Waals surface area contributed by atoms with Gasteiger partial charge < -0.3 is 25.1 Å². The highest BCUT2D eigenvalue weighted by Crippen LogP contribution is 2.37. The number of hydrogen-bond donors (Lipinski definition) is 4. The SMILES string of the molecule is Cc1ccc([Si](=O)C(C)C)c(Nc2nc(Nc3cc(C)c(C4CCCNC4)cc3OC(C)C)nc3[nH]ncc23)c1. The molecule has 0 saturated carbocycles. The largest absolute Gasteiger partial charge is 0.489 e. The minimum Gasteiger partial charge on any atom is -0.489 e. The molecule has 2 aromatic heterocycles. The predicted octanol–water partition coefficient (Wildman–Crippen LogP) is 5.75. The van der Waals surface area contributed by atoms with Crippen molar-refractivity contribution in [1.82, 2.24) is 25.5 Å². The molecule has 0 radical (unpaired) electrons. The normalized spacial score (nSPS) is 15.6. The Labute approximate surface area is 237 Å². The molecule has 1 unspecified atom stereocenters. The maximum absolute atomic E-state index is 13.2. The molecule has 0 bridgehead atoms. The van der Waals surface area contributed by atoms with Crippen LogP contribution in [0.15, 0.2) is 36.5 Å². The van der Waals surface area contributed by atoms with E-state index in [0.717, 1.165) is 46.4 Å². The van der Waals surface area contributed by atoms with Crippen LogP contribution in [0.25, 0.3) is 11.0 Å². The maximum atomic E-state index is 13.2. The molecular weight excluding hydrogens is 518 g/mol. The number of ether oxygens (including phenoxy) is 1. The second-order valence-electron chi connectivity index (χ2n) is 11.3. The van der Waals surface area contributed by atoms with Crippen LogP contribution < -0.4 is 25.9 Å². The minimum atomic E-state index is -2.00. The number of anilines is 4. The van der Waals surface area contributed by atoms with Crippen LogP contribution in [0.4, 0.5) is 23.1 Å². The van der Waals surface area contributed by atoms with Crippen molar-refractivity contribution >= 4 is 48.0 Å². The van der Waals surface area contributed by atoms with E-state index in [9.17, 15) is 4.46 Å². The molecule has 1 aliphatic heterocycles. The van der Waals surface area contributed by atoms with Gasteiger partial charge in [-0.1, -0.05) is 26.0 Å². The van der Waals surface area contributed by atoms with Crippen molar-refractivity contribution in [2.24, 2.45) is 0 Å². The van der Waals surface area contributed by atoms with Gasteiger partial charge in [-0.3, -0.25) is 5.10 Å². The lowest BCUT2D eigenvalue weighted by atomic mass is 9.88. The average molecular weight is 558 g/mol. The number of nitrogens with zero attached hydrogens (tertiary/aromatic N) is 3. The topological polar surface area (TPSA) is 117 Å². The Bertz CT molecular complexity index is 1530. The summed E-state index contributed by atoms with van der Waals surface area (Å²) in [6, 6.07) is 10.3. The summed E-state index contributed by atoms with van der Waals surface area (Å²) in [7, 11) is -2.00. The predicted molar refractivity (Wildman–Crippen MR) is 162 cm³/mol. The Balaban J connectivity index is 1.53. The van der Waals surface area contributed by atoms with Crippen LogP contribution in [0.2, 0.25) is 5.54 Å². The zero-order valence-electron chi connectivity index (χ0n) is 24.2. The quantitative estimate of drug-likeness (QED) is 0.192. The summed E-state index contributed by atoms with van der Waals surface area (Å²) >= 11 is 0. The third kappa shape index (κ3) is 6.07. The molecule has 0 aliphatic carbocycles.